The normalized spacial score (nSPS) is 14.1. The molecule has 0 saturated heterocycles. The van der Waals surface area contributed by atoms with Crippen LogP contribution in [0.2, 0.25) is 0 Å². The Morgan fingerprint density at radius 1 is 0.719 bits per heavy atom. The number of benzene rings is 1. The van der Waals surface area contributed by atoms with Gasteiger partial charge >= 0.3 is 5.97 Å². The molecule has 0 aliphatic rings. The third-order valence-electron chi connectivity index (χ3n) is 7.94. The summed E-state index contributed by atoms with van der Waals surface area (Å²) in [7, 11) is 0. The van der Waals surface area contributed by atoms with Gasteiger partial charge in [0, 0.05) is 25.9 Å². The molecule has 1 aromatic rings. The predicted molar refractivity (Wildman–Crippen MR) is 207 cm³/mol. The second kappa shape index (κ2) is 24.5. The van der Waals surface area contributed by atoms with Crippen molar-refractivity contribution in [1.82, 2.24) is 37.2 Å². The maximum Gasteiger partial charge on any atom is 0.305 e. The van der Waals surface area contributed by atoms with E-state index in [9.17, 15) is 53.7 Å². The van der Waals surface area contributed by atoms with E-state index in [0.29, 0.717) is 12.0 Å². The van der Waals surface area contributed by atoms with Crippen LogP contribution in [0.3, 0.4) is 0 Å². The summed E-state index contributed by atoms with van der Waals surface area (Å²) in [6, 6.07) is -1.40. The maximum atomic E-state index is 13.7. The summed E-state index contributed by atoms with van der Waals surface area (Å²) in [6.07, 6.45) is -1.89. The zero-order valence-corrected chi connectivity index (χ0v) is 33.1. The van der Waals surface area contributed by atoms with Crippen molar-refractivity contribution in [2.75, 3.05) is 13.1 Å². The number of carbonyl (C=O) groups is 8. The molecule has 7 amide bonds. The number of carboxylic acids is 1. The van der Waals surface area contributed by atoms with Crippen LogP contribution in [0.4, 0.5) is 0 Å². The summed E-state index contributed by atoms with van der Waals surface area (Å²) in [4.78, 5) is 106. The Bertz CT molecular complexity index is 1560. The summed E-state index contributed by atoms with van der Waals surface area (Å²) >= 11 is 0. The lowest BCUT2D eigenvalue weighted by Crippen LogP contribution is -2.59. The van der Waals surface area contributed by atoms with E-state index in [1.165, 1.54) is 31.2 Å². The topological polar surface area (TPSA) is 346 Å². The second-order valence-electron chi connectivity index (χ2n) is 14.2. The maximum absolute atomic E-state index is 13.7. The van der Waals surface area contributed by atoms with Gasteiger partial charge in [0.25, 0.3) is 0 Å². The number of aromatic hydroxyl groups is 1. The van der Waals surface area contributed by atoms with Crippen LogP contribution in [0.25, 0.3) is 0 Å². The number of phenolic OH excluding ortho intramolecular Hbond substituents is 1. The minimum absolute atomic E-state index is 0.0638. The predicted octanol–water partition coefficient (Wildman–Crippen LogP) is -3.03. The minimum atomic E-state index is -1.54. The zero-order chi connectivity index (χ0) is 43.4. The number of phenols is 1. The van der Waals surface area contributed by atoms with E-state index in [1.54, 1.807) is 27.7 Å². The Kier molecular flexibility index (Phi) is 21.1. The van der Waals surface area contributed by atoms with Crippen molar-refractivity contribution in [3.05, 3.63) is 29.8 Å². The number of nitrogens with zero attached hydrogens (tertiary/aromatic N) is 1. The Morgan fingerprint density at radius 2 is 1.28 bits per heavy atom. The number of aliphatic hydroxyl groups is 1. The lowest BCUT2D eigenvalue weighted by atomic mass is 10.0. The average Bonchev–Trinajstić information content (AvgIpc) is 3.09. The number of carbonyl (C=O) groups excluding carboxylic acids is 7. The van der Waals surface area contributed by atoms with Gasteiger partial charge in [0.1, 0.15) is 36.0 Å². The molecule has 318 valence electrons. The summed E-state index contributed by atoms with van der Waals surface area (Å²) < 4.78 is 0. The summed E-state index contributed by atoms with van der Waals surface area (Å²) in [5, 5.41) is 46.5. The second-order valence-corrected chi connectivity index (χ2v) is 14.2. The summed E-state index contributed by atoms with van der Waals surface area (Å²) in [5.41, 5.74) is 11.2. The molecule has 1 aromatic carbocycles. The molecular formula is C36H58N10O11. The molecule has 0 fully saturated rings. The summed E-state index contributed by atoms with van der Waals surface area (Å²) in [5.74, 6) is -7.42. The lowest BCUT2D eigenvalue weighted by molar-refractivity contribution is -0.141. The fourth-order valence-corrected chi connectivity index (χ4v) is 5.29. The van der Waals surface area contributed by atoms with E-state index in [4.69, 9.17) is 11.5 Å². The number of hydrogen-bond donors (Lipinski definition) is 12. The molecule has 0 heterocycles. The van der Waals surface area contributed by atoms with Crippen LogP contribution in [-0.4, -0.2) is 124 Å². The van der Waals surface area contributed by atoms with Crippen molar-refractivity contribution in [1.29, 1.82) is 0 Å². The molecule has 0 aliphatic carbocycles. The molecular weight excluding hydrogens is 748 g/mol. The van der Waals surface area contributed by atoms with Gasteiger partial charge in [-0.3, -0.25) is 43.3 Å². The number of rotatable bonds is 24. The van der Waals surface area contributed by atoms with Crippen LogP contribution in [0.1, 0.15) is 72.8 Å². The first-order valence-corrected chi connectivity index (χ1v) is 18.4. The molecule has 0 aromatic heterocycles. The third-order valence-corrected chi connectivity index (χ3v) is 7.94. The van der Waals surface area contributed by atoms with E-state index in [-0.39, 0.29) is 49.5 Å². The largest absolute Gasteiger partial charge is 0.508 e. The highest BCUT2D eigenvalue weighted by atomic mass is 16.4. The van der Waals surface area contributed by atoms with Gasteiger partial charge in [-0.25, -0.2) is 0 Å². The molecule has 0 bridgehead atoms. The number of carboxylic acid groups (broad SMARTS) is 1. The molecule has 21 nitrogen and oxygen atoms in total. The fourth-order valence-electron chi connectivity index (χ4n) is 5.29. The Morgan fingerprint density at radius 3 is 1.81 bits per heavy atom. The van der Waals surface area contributed by atoms with Gasteiger partial charge in [-0.05, 0) is 63.6 Å². The average molecular weight is 807 g/mol. The van der Waals surface area contributed by atoms with Crippen LogP contribution in [-0.2, 0) is 44.8 Å². The molecule has 14 N–H and O–H groups in total. The van der Waals surface area contributed by atoms with Gasteiger partial charge < -0.3 is 64.0 Å². The first-order chi connectivity index (χ1) is 26.6. The molecule has 0 unspecified atom stereocenters. The number of aliphatic hydroxyl groups excluding tert-OH is 1. The fraction of sp³-hybridized carbons (Fsp3) is 0.583. The molecule has 6 atom stereocenters. The Hall–Kier alpha value is -5.99. The van der Waals surface area contributed by atoms with Gasteiger partial charge in [0.2, 0.25) is 41.4 Å². The number of nitrogens with one attached hydrogen (secondary N) is 7. The van der Waals surface area contributed by atoms with Crippen molar-refractivity contribution in [3.8, 4) is 5.75 Å². The standard InChI is InChI=1S/C36H58N10O11/c1-18(2)14-25(44-33(55)26(15-22-9-11-23(49)12-10-22)45-34(56)27(16-29(51)52)42-21(6)48)31(53)40-17-28(50)46-30(20(5)47)35(57)43-24(32(54)41-19(3)4)8-7-13-39-36(37)38/h9-12,18-20,24-27,30,47,49H,7-8,13-17H2,1-6H3,(H,40,53)(H,41,54)(H,42,48)(H,43,57)(H,44,55)(H,45,56)(H,46,50)(H,51,52)(H4,37,38,39)/t20-,24-,25-,26-,27-,30-/m0/s1. The number of hydrogen-bond acceptors (Lipinski definition) is 11. The minimum Gasteiger partial charge on any atom is -0.508 e. The SMILES string of the molecule is CC(=O)N[C@@H](CC(=O)O)C(=O)N[C@@H](Cc1ccc(O)cc1)C(=O)N[C@@H](CC(C)C)C(=O)NCC(=O)N[C@H](C(=O)N[C@@H](CCCN=C(N)N)C(=O)NC(C)C)[C@H](C)O. The Labute approximate surface area is 330 Å². The first-order valence-electron chi connectivity index (χ1n) is 18.4. The van der Waals surface area contributed by atoms with Crippen LogP contribution in [0.5, 0.6) is 5.75 Å². The van der Waals surface area contributed by atoms with Gasteiger partial charge in [-0.2, -0.15) is 0 Å². The van der Waals surface area contributed by atoms with Gasteiger partial charge in [-0.15, -0.1) is 0 Å². The van der Waals surface area contributed by atoms with Crippen LogP contribution in [0.15, 0.2) is 29.3 Å². The molecule has 0 saturated carbocycles. The van der Waals surface area contributed by atoms with Crippen molar-refractivity contribution in [2.45, 2.75) is 116 Å². The number of guanidine groups is 1. The smallest absolute Gasteiger partial charge is 0.305 e. The highest BCUT2D eigenvalue weighted by Gasteiger charge is 2.33. The molecule has 0 radical (unpaired) electrons. The van der Waals surface area contributed by atoms with Crippen molar-refractivity contribution in [2.24, 2.45) is 22.4 Å². The number of amides is 7. The van der Waals surface area contributed by atoms with Crippen molar-refractivity contribution in [3.63, 3.8) is 0 Å². The van der Waals surface area contributed by atoms with Crippen molar-refractivity contribution < 1.29 is 53.7 Å². The van der Waals surface area contributed by atoms with Gasteiger partial charge in [0.15, 0.2) is 5.96 Å². The van der Waals surface area contributed by atoms with E-state index >= 15 is 0 Å². The molecule has 1 rings (SSSR count). The summed E-state index contributed by atoms with van der Waals surface area (Å²) in [6.45, 7) is 8.79. The lowest BCUT2D eigenvalue weighted by Gasteiger charge is -2.26. The number of aliphatic carboxylic acids is 1. The van der Waals surface area contributed by atoms with E-state index in [2.05, 4.69) is 42.2 Å². The van der Waals surface area contributed by atoms with Crippen molar-refractivity contribution >= 4 is 53.3 Å². The van der Waals surface area contributed by atoms with Gasteiger partial charge in [-0.1, -0.05) is 26.0 Å². The highest BCUT2D eigenvalue weighted by molar-refractivity contribution is 5.97. The van der Waals surface area contributed by atoms with Crippen LogP contribution < -0.4 is 48.7 Å². The number of aliphatic imine (C=N–C) groups is 1. The molecule has 21 heteroatoms. The zero-order valence-electron chi connectivity index (χ0n) is 33.1. The van der Waals surface area contributed by atoms with E-state index in [0.717, 1.165) is 6.92 Å². The monoisotopic (exact) mass is 806 g/mol. The van der Waals surface area contributed by atoms with Crippen LogP contribution >= 0.6 is 0 Å². The van der Waals surface area contributed by atoms with Crippen LogP contribution in [0, 0.1) is 5.92 Å². The number of nitrogens with two attached hydrogens (primary N) is 2. The first kappa shape index (κ1) is 49.0. The molecule has 57 heavy (non-hydrogen) atoms. The molecule has 0 aliphatic heterocycles. The quantitative estimate of drug-likeness (QED) is 0.0282. The van der Waals surface area contributed by atoms with E-state index in [1.807, 2.05) is 0 Å². The highest BCUT2D eigenvalue weighted by Crippen LogP contribution is 2.13. The Balaban J connectivity index is 3.15. The third kappa shape index (κ3) is 20.0. The molecule has 0 spiro atoms. The van der Waals surface area contributed by atoms with E-state index < -0.39 is 96.6 Å². The van der Waals surface area contributed by atoms with Gasteiger partial charge in [0.05, 0.1) is 19.1 Å².